The van der Waals surface area contributed by atoms with E-state index in [9.17, 15) is 0 Å². The van der Waals surface area contributed by atoms with Crippen molar-refractivity contribution < 1.29 is 4.52 Å². The highest BCUT2D eigenvalue weighted by Gasteiger charge is 2.24. The standard InChI is InChI=1S/C17H22N2O/c18-17-15(13-9-7-4-8-10-13)16(20-19-17)14-11-5-2-1-3-6-12-14/h4,7-10,14H,1-3,5-6,11-12H2,(H2,18,19). The third-order valence-electron chi connectivity index (χ3n) is 4.28. The van der Waals surface area contributed by atoms with Gasteiger partial charge >= 0.3 is 0 Å². The van der Waals surface area contributed by atoms with Crippen LogP contribution in [0.4, 0.5) is 5.82 Å². The zero-order valence-corrected chi connectivity index (χ0v) is 11.8. The highest BCUT2D eigenvalue weighted by molar-refractivity contribution is 5.75. The van der Waals surface area contributed by atoms with Gasteiger partial charge in [0.2, 0.25) is 0 Å². The number of nitrogens with zero attached hydrogens (tertiary/aromatic N) is 1. The van der Waals surface area contributed by atoms with E-state index in [1.54, 1.807) is 0 Å². The summed E-state index contributed by atoms with van der Waals surface area (Å²) in [7, 11) is 0. The van der Waals surface area contributed by atoms with Gasteiger partial charge in [0.1, 0.15) is 5.76 Å². The molecule has 1 aliphatic carbocycles. The van der Waals surface area contributed by atoms with E-state index in [1.807, 2.05) is 18.2 Å². The molecule has 0 spiro atoms. The van der Waals surface area contributed by atoms with Crippen molar-refractivity contribution in [3.8, 4) is 11.1 Å². The minimum Gasteiger partial charge on any atom is -0.380 e. The van der Waals surface area contributed by atoms with E-state index in [0.717, 1.165) is 16.9 Å². The molecule has 3 heteroatoms. The zero-order valence-electron chi connectivity index (χ0n) is 11.8. The lowest BCUT2D eigenvalue weighted by atomic mass is 9.86. The largest absolute Gasteiger partial charge is 0.380 e. The van der Waals surface area contributed by atoms with E-state index in [-0.39, 0.29) is 0 Å². The van der Waals surface area contributed by atoms with Crippen LogP contribution in [0.2, 0.25) is 0 Å². The van der Waals surface area contributed by atoms with Crippen LogP contribution in [-0.4, -0.2) is 5.16 Å². The summed E-state index contributed by atoms with van der Waals surface area (Å²) < 4.78 is 5.61. The molecular formula is C17H22N2O. The molecule has 3 rings (SSSR count). The first-order valence-electron chi connectivity index (χ1n) is 7.66. The summed E-state index contributed by atoms with van der Waals surface area (Å²) in [6.45, 7) is 0. The molecule has 0 bridgehead atoms. The third kappa shape index (κ3) is 2.72. The normalized spacial score (nSPS) is 17.6. The molecule has 0 atom stereocenters. The molecule has 3 nitrogen and oxygen atoms in total. The van der Waals surface area contributed by atoms with Crippen molar-refractivity contribution in [3.05, 3.63) is 36.1 Å². The van der Waals surface area contributed by atoms with E-state index in [2.05, 4.69) is 17.3 Å². The van der Waals surface area contributed by atoms with Crippen molar-refractivity contribution in [1.29, 1.82) is 0 Å². The summed E-state index contributed by atoms with van der Waals surface area (Å²) >= 11 is 0. The van der Waals surface area contributed by atoms with Crippen LogP contribution in [0.1, 0.15) is 56.6 Å². The molecular weight excluding hydrogens is 248 g/mol. The Morgan fingerprint density at radius 3 is 2.30 bits per heavy atom. The molecule has 106 valence electrons. The number of anilines is 1. The van der Waals surface area contributed by atoms with Crippen LogP contribution >= 0.6 is 0 Å². The van der Waals surface area contributed by atoms with Crippen LogP contribution in [0.15, 0.2) is 34.9 Å². The predicted molar refractivity (Wildman–Crippen MR) is 81.4 cm³/mol. The topological polar surface area (TPSA) is 52.0 Å². The number of hydrogen-bond donors (Lipinski definition) is 1. The Kier molecular flexibility index (Phi) is 4.05. The minimum absolute atomic E-state index is 0.468. The van der Waals surface area contributed by atoms with Gasteiger partial charge in [0.25, 0.3) is 0 Å². The third-order valence-corrected chi connectivity index (χ3v) is 4.28. The van der Waals surface area contributed by atoms with Crippen LogP contribution in [0.25, 0.3) is 11.1 Å². The Morgan fingerprint density at radius 2 is 1.60 bits per heavy atom. The summed E-state index contributed by atoms with van der Waals surface area (Å²) in [6, 6.07) is 10.2. The molecule has 0 radical (unpaired) electrons. The van der Waals surface area contributed by atoms with Crippen LogP contribution in [-0.2, 0) is 0 Å². The average Bonchev–Trinajstić information content (AvgIpc) is 2.81. The quantitative estimate of drug-likeness (QED) is 0.856. The molecule has 2 aromatic rings. The SMILES string of the molecule is Nc1noc(C2CCCCCCC2)c1-c1ccccc1. The van der Waals surface area contributed by atoms with Crippen molar-refractivity contribution in [2.24, 2.45) is 0 Å². The van der Waals surface area contributed by atoms with Crippen molar-refractivity contribution in [2.45, 2.75) is 50.9 Å². The molecule has 1 fully saturated rings. The van der Waals surface area contributed by atoms with Crippen LogP contribution in [0.3, 0.4) is 0 Å². The van der Waals surface area contributed by atoms with E-state index in [0.29, 0.717) is 11.7 Å². The van der Waals surface area contributed by atoms with Gasteiger partial charge in [-0.05, 0) is 18.4 Å². The van der Waals surface area contributed by atoms with Gasteiger partial charge in [-0.2, -0.15) is 0 Å². The molecule has 0 aliphatic heterocycles. The van der Waals surface area contributed by atoms with Crippen LogP contribution < -0.4 is 5.73 Å². The number of rotatable bonds is 2. The van der Waals surface area contributed by atoms with Gasteiger partial charge in [0.15, 0.2) is 5.82 Å². The summed E-state index contributed by atoms with van der Waals surface area (Å²) in [5, 5.41) is 4.02. The van der Waals surface area contributed by atoms with Crippen molar-refractivity contribution in [3.63, 3.8) is 0 Å². The first kappa shape index (κ1) is 13.2. The highest BCUT2D eigenvalue weighted by Crippen LogP contribution is 2.39. The first-order chi connectivity index (χ1) is 9.86. The minimum atomic E-state index is 0.468. The van der Waals surface area contributed by atoms with Gasteiger partial charge in [-0.25, -0.2) is 0 Å². The van der Waals surface area contributed by atoms with E-state index < -0.39 is 0 Å². The maximum Gasteiger partial charge on any atom is 0.175 e. The number of hydrogen-bond acceptors (Lipinski definition) is 3. The fourth-order valence-electron chi connectivity index (χ4n) is 3.21. The fourth-order valence-corrected chi connectivity index (χ4v) is 3.21. The molecule has 1 saturated carbocycles. The lowest BCUT2D eigenvalue weighted by molar-refractivity contribution is 0.332. The van der Waals surface area contributed by atoms with Crippen LogP contribution in [0, 0.1) is 0 Å². The van der Waals surface area contributed by atoms with Gasteiger partial charge in [0.05, 0.1) is 5.56 Å². The summed E-state index contributed by atoms with van der Waals surface area (Å²) in [6.07, 6.45) is 8.97. The van der Waals surface area contributed by atoms with Crippen molar-refractivity contribution in [1.82, 2.24) is 5.16 Å². The molecule has 1 heterocycles. The Balaban J connectivity index is 1.93. The Morgan fingerprint density at radius 1 is 0.950 bits per heavy atom. The molecule has 0 amide bonds. The maximum atomic E-state index is 6.05. The first-order valence-corrected chi connectivity index (χ1v) is 7.66. The zero-order chi connectivity index (χ0) is 13.8. The van der Waals surface area contributed by atoms with Gasteiger partial charge in [-0.3, -0.25) is 0 Å². The molecule has 0 saturated heterocycles. The van der Waals surface area contributed by atoms with E-state index in [4.69, 9.17) is 10.3 Å². The number of nitrogens with two attached hydrogens (primary N) is 1. The predicted octanol–water partition coefficient (Wildman–Crippen LogP) is 4.75. The van der Waals surface area contributed by atoms with Gasteiger partial charge < -0.3 is 10.3 Å². The van der Waals surface area contributed by atoms with Gasteiger partial charge in [0, 0.05) is 5.92 Å². The second kappa shape index (κ2) is 6.12. The van der Waals surface area contributed by atoms with Gasteiger partial charge in [-0.1, -0.05) is 67.6 Å². The number of nitrogen functional groups attached to an aromatic ring is 1. The Labute approximate surface area is 120 Å². The molecule has 1 aliphatic rings. The van der Waals surface area contributed by atoms with Crippen LogP contribution in [0.5, 0.6) is 0 Å². The Hall–Kier alpha value is -1.77. The second-order valence-electron chi connectivity index (χ2n) is 5.72. The maximum absolute atomic E-state index is 6.05. The summed E-state index contributed by atoms with van der Waals surface area (Å²) in [4.78, 5) is 0. The number of benzene rings is 1. The lowest BCUT2D eigenvalue weighted by Gasteiger charge is -2.18. The molecule has 0 unspecified atom stereocenters. The molecule has 2 N–H and O–H groups in total. The smallest absolute Gasteiger partial charge is 0.175 e. The lowest BCUT2D eigenvalue weighted by Crippen LogP contribution is -2.03. The van der Waals surface area contributed by atoms with Gasteiger partial charge in [-0.15, -0.1) is 0 Å². The highest BCUT2D eigenvalue weighted by atomic mass is 16.5. The van der Waals surface area contributed by atoms with Crippen molar-refractivity contribution in [2.75, 3.05) is 5.73 Å². The van der Waals surface area contributed by atoms with E-state index in [1.165, 1.54) is 44.9 Å². The summed E-state index contributed by atoms with van der Waals surface area (Å²) in [5.41, 5.74) is 8.17. The Bertz CT molecular complexity index is 539. The molecule has 20 heavy (non-hydrogen) atoms. The molecule has 1 aromatic heterocycles. The molecule has 1 aromatic carbocycles. The van der Waals surface area contributed by atoms with Crippen molar-refractivity contribution >= 4 is 5.82 Å². The summed E-state index contributed by atoms with van der Waals surface area (Å²) in [5.74, 6) is 1.99. The monoisotopic (exact) mass is 270 g/mol. The fraction of sp³-hybridized carbons (Fsp3) is 0.471. The number of aromatic nitrogens is 1. The van der Waals surface area contributed by atoms with E-state index >= 15 is 0 Å². The average molecular weight is 270 g/mol. The second-order valence-corrected chi connectivity index (χ2v) is 5.72.